The number of nitrogens with one attached hydrogen (secondary N) is 1. The molecule has 3 heteroatoms. The molecule has 3 nitrogen and oxygen atoms in total. The van der Waals surface area contributed by atoms with Crippen molar-refractivity contribution in [3.63, 3.8) is 0 Å². The Labute approximate surface area is 116 Å². The van der Waals surface area contributed by atoms with Gasteiger partial charge in [0, 0.05) is 18.6 Å². The lowest BCUT2D eigenvalue weighted by Gasteiger charge is -2.16. The van der Waals surface area contributed by atoms with Gasteiger partial charge in [0.05, 0.1) is 13.2 Å². The molecule has 2 atom stereocenters. The van der Waals surface area contributed by atoms with Crippen molar-refractivity contribution in [1.29, 1.82) is 0 Å². The molecule has 1 aliphatic rings. The van der Waals surface area contributed by atoms with Gasteiger partial charge in [-0.05, 0) is 44.0 Å². The Morgan fingerprint density at radius 3 is 3.11 bits per heavy atom. The summed E-state index contributed by atoms with van der Waals surface area (Å²) < 4.78 is 11.2. The van der Waals surface area contributed by atoms with Crippen LogP contribution in [-0.2, 0) is 4.74 Å². The van der Waals surface area contributed by atoms with Crippen LogP contribution in [0.1, 0.15) is 38.3 Å². The smallest absolute Gasteiger partial charge is 0.119 e. The molecule has 0 amide bonds. The summed E-state index contributed by atoms with van der Waals surface area (Å²) in [6.07, 6.45) is 2.27. The third kappa shape index (κ3) is 4.51. The maximum atomic E-state index is 5.88. The van der Waals surface area contributed by atoms with Crippen LogP contribution < -0.4 is 10.1 Å². The van der Waals surface area contributed by atoms with E-state index in [0.717, 1.165) is 45.0 Å². The van der Waals surface area contributed by atoms with Crippen molar-refractivity contribution < 1.29 is 9.47 Å². The lowest BCUT2D eigenvalue weighted by Crippen LogP contribution is -2.19. The summed E-state index contributed by atoms with van der Waals surface area (Å²) in [4.78, 5) is 0. The monoisotopic (exact) mass is 263 g/mol. The van der Waals surface area contributed by atoms with Crippen LogP contribution in [0.2, 0.25) is 0 Å². The highest BCUT2D eigenvalue weighted by Gasteiger charge is 2.16. The second kappa shape index (κ2) is 7.51. The number of benzene rings is 1. The molecule has 0 spiro atoms. The minimum absolute atomic E-state index is 0.373. The van der Waals surface area contributed by atoms with E-state index >= 15 is 0 Å². The molecule has 1 aromatic rings. The fraction of sp³-hybridized carbons (Fsp3) is 0.625. The molecule has 1 heterocycles. The molecule has 0 aromatic heterocycles. The van der Waals surface area contributed by atoms with Gasteiger partial charge in [-0.2, -0.15) is 0 Å². The summed E-state index contributed by atoms with van der Waals surface area (Å²) in [7, 11) is 0. The molecule has 1 aliphatic heterocycles. The standard InChI is InChI=1S/C16H25NO2/c1-3-8-17-13(2)15-5-4-6-16(10-15)19-12-14-7-9-18-11-14/h4-6,10,13-14,17H,3,7-9,11-12H2,1-2H3. The van der Waals surface area contributed by atoms with Crippen LogP contribution in [-0.4, -0.2) is 26.4 Å². The maximum absolute atomic E-state index is 5.88. The summed E-state index contributed by atoms with van der Waals surface area (Å²) in [6, 6.07) is 8.77. The van der Waals surface area contributed by atoms with Gasteiger partial charge in [0.2, 0.25) is 0 Å². The van der Waals surface area contributed by atoms with Crippen molar-refractivity contribution in [1.82, 2.24) is 5.32 Å². The summed E-state index contributed by atoms with van der Waals surface area (Å²) >= 11 is 0. The number of rotatable bonds is 7. The van der Waals surface area contributed by atoms with Gasteiger partial charge in [-0.3, -0.25) is 0 Å². The molecule has 2 rings (SSSR count). The fourth-order valence-corrected chi connectivity index (χ4v) is 2.28. The zero-order valence-electron chi connectivity index (χ0n) is 12.0. The molecule has 0 aliphatic carbocycles. The molecule has 2 unspecified atom stereocenters. The fourth-order valence-electron chi connectivity index (χ4n) is 2.28. The number of hydrogen-bond donors (Lipinski definition) is 1. The first kappa shape index (κ1) is 14.4. The van der Waals surface area contributed by atoms with Gasteiger partial charge in [0.1, 0.15) is 5.75 Å². The Morgan fingerprint density at radius 1 is 1.47 bits per heavy atom. The highest BCUT2D eigenvalue weighted by molar-refractivity contribution is 5.30. The SMILES string of the molecule is CCCNC(C)c1cccc(OCC2CCOC2)c1. The van der Waals surface area contributed by atoms with Crippen LogP contribution in [0.5, 0.6) is 5.75 Å². The zero-order chi connectivity index (χ0) is 13.5. The van der Waals surface area contributed by atoms with Crippen LogP contribution in [0, 0.1) is 5.92 Å². The minimum atomic E-state index is 0.373. The van der Waals surface area contributed by atoms with Gasteiger partial charge in [-0.1, -0.05) is 19.1 Å². The summed E-state index contributed by atoms with van der Waals surface area (Å²) in [5.74, 6) is 1.52. The average Bonchev–Trinajstić information content (AvgIpc) is 2.96. The number of hydrogen-bond acceptors (Lipinski definition) is 3. The second-order valence-corrected chi connectivity index (χ2v) is 5.29. The van der Waals surface area contributed by atoms with Crippen LogP contribution in [0.4, 0.5) is 0 Å². The minimum Gasteiger partial charge on any atom is -0.493 e. The van der Waals surface area contributed by atoms with E-state index in [4.69, 9.17) is 9.47 Å². The zero-order valence-corrected chi connectivity index (χ0v) is 12.0. The molecule has 106 valence electrons. The largest absolute Gasteiger partial charge is 0.493 e. The first-order valence-electron chi connectivity index (χ1n) is 7.33. The van der Waals surface area contributed by atoms with Crippen LogP contribution in [0.25, 0.3) is 0 Å². The molecule has 1 saturated heterocycles. The van der Waals surface area contributed by atoms with E-state index in [1.165, 1.54) is 5.56 Å². The second-order valence-electron chi connectivity index (χ2n) is 5.29. The average molecular weight is 263 g/mol. The van der Waals surface area contributed by atoms with Gasteiger partial charge < -0.3 is 14.8 Å². The predicted molar refractivity (Wildman–Crippen MR) is 77.6 cm³/mol. The molecule has 1 aromatic carbocycles. The highest BCUT2D eigenvalue weighted by Crippen LogP contribution is 2.21. The van der Waals surface area contributed by atoms with Gasteiger partial charge in [0.25, 0.3) is 0 Å². The first-order chi connectivity index (χ1) is 9.29. The van der Waals surface area contributed by atoms with E-state index in [2.05, 4.69) is 37.4 Å². The van der Waals surface area contributed by atoms with Crippen molar-refractivity contribution in [2.45, 2.75) is 32.7 Å². The van der Waals surface area contributed by atoms with Gasteiger partial charge in [-0.15, -0.1) is 0 Å². The lowest BCUT2D eigenvalue weighted by atomic mass is 10.1. The molecule has 1 N–H and O–H groups in total. The Hall–Kier alpha value is -1.06. The number of ether oxygens (including phenoxy) is 2. The highest BCUT2D eigenvalue weighted by atomic mass is 16.5. The Bertz CT molecular complexity index is 375. The van der Waals surface area contributed by atoms with E-state index in [9.17, 15) is 0 Å². The lowest BCUT2D eigenvalue weighted by molar-refractivity contribution is 0.167. The third-order valence-electron chi connectivity index (χ3n) is 3.57. The molecule has 0 saturated carbocycles. The molecular weight excluding hydrogens is 238 g/mol. The van der Waals surface area contributed by atoms with Crippen molar-refractivity contribution >= 4 is 0 Å². The summed E-state index contributed by atoms with van der Waals surface area (Å²) in [6.45, 7) is 7.91. The van der Waals surface area contributed by atoms with E-state index in [1.807, 2.05) is 6.07 Å². The third-order valence-corrected chi connectivity index (χ3v) is 3.57. The van der Waals surface area contributed by atoms with Crippen molar-refractivity contribution in [2.24, 2.45) is 5.92 Å². The quantitative estimate of drug-likeness (QED) is 0.819. The van der Waals surface area contributed by atoms with E-state index < -0.39 is 0 Å². The van der Waals surface area contributed by atoms with E-state index in [-0.39, 0.29) is 0 Å². The molecule has 19 heavy (non-hydrogen) atoms. The van der Waals surface area contributed by atoms with Crippen molar-refractivity contribution in [3.8, 4) is 5.75 Å². The normalized spacial score (nSPS) is 20.4. The summed E-state index contributed by atoms with van der Waals surface area (Å²) in [5.41, 5.74) is 1.29. The summed E-state index contributed by atoms with van der Waals surface area (Å²) in [5, 5.41) is 3.50. The van der Waals surface area contributed by atoms with Gasteiger partial charge in [-0.25, -0.2) is 0 Å². The Morgan fingerprint density at radius 2 is 2.37 bits per heavy atom. The van der Waals surface area contributed by atoms with Crippen molar-refractivity contribution in [2.75, 3.05) is 26.4 Å². The van der Waals surface area contributed by atoms with E-state index in [1.54, 1.807) is 0 Å². The maximum Gasteiger partial charge on any atom is 0.119 e. The Kier molecular flexibility index (Phi) is 5.67. The van der Waals surface area contributed by atoms with Gasteiger partial charge in [0.15, 0.2) is 0 Å². The molecule has 0 bridgehead atoms. The van der Waals surface area contributed by atoms with Crippen molar-refractivity contribution in [3.05, 3.63) is 29.8 Å². The topological polar surface area (TPSA) is 30.5 Å². The van der Waals surface area contributed by atoms with Gasteiger partial charge >= 0.3 is 0 Å². The molecule has 0 radical (unpaired) electrons. The Balaban J connectivity index is 1.86. The van der Waals surface area contributed by atoms with E-state index in [0.29, 0.717) is 12.0 Å². The van der Waals surface area contributed by atoms with Crippen LogP contribution >= 0.6 is 0 Å². The molecule has 1 fully saturated rings. The van der Waals surface area contributed by atoms with Crippen LogP contribution in [0.3, 0.4) is 0 Å². The first-order valence-corrected chi connectivity index (χ1v) is 7.33. The van der Waals surface area contributed by atoms with Crippen LogP contribution in [0.15, 0.2) is 24.3 Å². The predicted octanol–water partition coefficient (Wildman–Crippen LogP) is 3.16. The molecular formula is C16H25NO2.